The fourth-order valence-corrected chi connectivity index (χ4v) is 3.26. The highest BCUT2D eigenvalue weighted by Gasteiger charge is 2.28. The lowest BCUT2D eigenvalue weighted by Gasteiger charge is -2.17. The highest BCUT2D eigenvalue weighted by atomic mass is 16.2. The molecule has 0 radical (unpaired) electrons. The lowest BCUT2D eigenvalue weighted by atomic mass is 10.2. The van der Waals surface area contributed by atoms with Gasteiger partial charge in [-0.1, -0.05) is 47.7 Å². The first-order chi connectivity index (χ1) is 12.7. The zero-order chi connectivity index (χ0) is 17.9. The van der Waals surface area contributed by atoms with Gasteiger partial charge < -0.3 is 10.2 Å². The first-order valence-corrected chi connectivity index (χ1v) is 8.79. The Hall–Kier alpha value is -3.15. The van der Waals surface area contributed by atoms with Crippen molar-refractivity contribution in [2.75, 3.05) is 18.4 Å². The van der Waals surface area contributed by atoms with Crippen molar-refractivity contribution in [3.8, 4) is 11.3 Å². The fraction of sp³-hybridized carbons (Fsp3) is 0.250. The molecule has 2 heterocycles. The lowest BCUT2D eigenvalue weighted by Crippen LogP contribution is -2.33. The average Bonchev–Trinajstić information content (AvgIpc) is 3.32. The van der Waals surface area contributed by atoms with E-state index in [0.29, 0.717) is 13.1 Å². The zero-order valence-electron chi connectivity index (χ0n) is 14.7. The SMILES string of the molecule is Cc1cccc(NC(=O)N2CCC(n3cc(-c4ccccc4)nn3)C2)c1. The van der Waals surface area contributed by atoms with Gasteiger partial charge in [0.25, 0.3) is 0 Å². The van der Waals surface area contributed by atoms with Gasteiger partial charge in [-0.3, -0.25) is 0 Å². The molecule has 1 N–H and O–H groups in total. The van der Waals surface area contributed by atoms with Crippen LogP contribution in [0, 0.1) is 6.92 Å². The van der Waals surface area contributed by atoms with E-state index in [9.17, 15) is 4.79 Å². The maximum atomic E-state index is 12.5. The van der Waals surface area contributed by atoms with Crippen molar-refractivity contribution in [2.24, 2.45) is 0 Å². The van der Waals surface area contributed by atoms with Crippen LogP contribution >= 0.6 is 0 Å². The Bertz CT molecular complexity index is 905. The molecule has 0 spiro atoms. The number of nitrogens with one attached hydrogen (secondary N) is 1. The molecule has 2 amide bonds. The molecule has 1 fully saturated rings. The molecule has 1 aliphatic rings. The fourth-order valence-electron chi connectivity index (χ4n) is 3.26. The summed E-state index contributed by atoms with van der Waals surface area (Å²) in [5, 5.41) is 11.5. The predicted octanol–water partition coefficient (Wildman–Crippen LogP) is 3.73. The second-order valence-corrected chi connectivity index (χ2v) is 6.64. The predicted molar refractivity (Wildman–Crippen MR) is 101 cm³/mol. The molecule has 1 aromatic heterocycles. The molecule has 1 saturated heterocycles. The van der Waals surface area contributed by atoms with Crippen LogP contribution in [0.1, 0.15) is 18.0 Å². The molecule has 1 atom stereocenters. The van der Waals surface area contributed by atoms with Crippen LogP contribution in [-0.2, 0) is 0 Å². The van der Waals surface area contributed by atoms with Gasteiger partial charge in [0.2, 0.25) is 0 Å². The smallest absolute Gasteiger partial charge is 0.321 e. The van der Waals surface area contributed by atoms with Gasteiger partial charge in [-0.15, -0.1) is 5.10 Å². The molecule has 2 aromatic carbocycles. The summed E-state index contributed by atoms with van der Waals surface area (Å²) in [6, 6.07) is 17.9. The van der Waals surface area contributed by atoms with Crippen LogP contribution < -0.4 is 5.32 Å². The normalized spacial score (nSPS) is 16.7. The van der Waals surface area contributed by atoms with Crippen LogP contribution in [0.4, 0.5) is 10.5 Å². The first-order valence-electron chi connectivity index (χ1n) is 8.79. The third-order valence-electron chi connectivity index (χ3n) is 4.67. The number of likely N-dealkylation sites (tertiary alicyclic amines) is 1. The van der Waals surface area contributed by atoms with Gasteiger partial charge >= 0.3 is 6.03 Å². The Kier molecular flexibility index (Phi) is 4.39. The van der Waals surface area contributed by atoms with Crippen LogP contribution in [0.15, 0.2) is 60.8 Å². The minimum absolute atomic E-state index is 0.0681. The minimum atomic E-state index is -0.0681. The Labute approximate surface area is 152 Å². The number of amides is 2. The molecule has 1 unspecified atom stereocenters. The van der Waals surface area contributed by atoms with E-state index in [0.717, 1.165) is 28.9 Å². The molecule has 6 heteroatoms. The third kappa shape index (κ3) is 3.44. The molecule has 3 aromatic rings. The van der Waals surface area contributed by atoms with Crippen molar-refractivity contribution < 1.29 is 4.79 Å². The van der Waals surface area contributed by atoms with Crippen molar-refractivity contribution in [3.63, 3.8) is 0 Å². The van der Waals surface area contributed by atoms with E-state index >= 15 is 0 Å². The van der Waals surface area contributed by atoms with E-state index in [1.165, 1.54) is 0 Å². The molecular weight excluding hydrogens is 326 g/mol. The van der Waals surface area contributed by atoms with E-state index in [-0.39, 0.29) is 12.1 Å². The van der Waals surface area contributed by atoms with Crippen molar-refractivity contribution in [3.05, 3.63) is 66.4 Å². The number of benzene rings is 2. The largest absolute Gasteiger partial charge is 0.322 e. The Morgan fingerprint density at radius 3 is 2.81 bits per heavy atom. The molecule has 4 rings (SSSR count). The lowest BCUT2D eigenvalue weighted by molar-refractivity contribution is 0.220. The van der Waals surface area contributed by atoms with E-state index in [2.05, 4.69) is 15.6 Å². The molecule has 0 aliphatic carbocycles. The number of hydrogen-bond donors (Lipinski definition) is 1. The number of aromatic nitrogens is 3. The second kappa shape index (κ2) is 7.00. The molecule has 1 aliphatic heterocycles. The topological polar surface area (TPSA) is 63.1 Å². The summed E-state index contributed by atoms with van der Waals surface area (Å²) in [6.45, 7) is 3.36. The number of aryl methyl sites for hydroxylation is 1. The highest BCUT2D eigenvalue weighted by Crippen LogP contribution is 2.24. The van der Waals surface area contributed by atoms with Gasteiger partial charge in [0.1, 0.15) is 5.69 Å². The molecule has 26 heavy (non-hydrogen) atoms. The van der Waals surface area contributed by atoms with Crippen molar-refractivity contribution in [2.45, 2.75) is 19.4 Å². The number of hydrogen-bond acceptors (Lipinski definition) is 3. The number of carbonyl (C=O) groups is 1. The van der Waals surface area contributed by atoms with Crippen LogP contribution in [0.3, 0.4) is 0 Å². The minimum Gasteiger partial charge on any atom is -0.322 e. The number of nitrogens with zero attached hydrogens (tertiary/aromatic N) is 4. The Balaban J connectivity index is 1.41. The number of anilines is 1. The van der Waals surface area contributed by atoms with E-state index in [4.69, 9.17) is 0 Å². The number of rotatable bonds is 3. The Morgan fingerprint density at radius 2 is 2.00 bits per heavy atom. The second-order valence-electron chi connectivity index (χ2n) is 6.64. The molecule has 0 saturated carbocycles. The van der Waals surface area contributed by atoms with Gasteiger partial charge in [0, 0.05) is 24.3 Å². The summed E-state index contributed by atoms with van der Waals surface area (Å²) >= 11 is 0. The van der Waals surface area contributed by atoms with Gasteiger partial charge in [-0.2, -0.15) is 0 Å². The number of urea groups is 1. The van der Waals surface area contributed by atoms with Crippen LogP contribution in [0.2, 0.25) is 0 Å². The summed E-state index contributed by atoms with van der Waals surface area (Å²) in [4.78, 5) is 14.3. The van der Waals surface area contributed by atoms with Crippen LogP contribution in [-0.4, -0.2) is 39.0 Å². The van der Waals surface area contributed by atoms with Crippen molar-refractivity contribution in [1.29, 1.82) is 0 Å². The quantitative estimate of drug-likeness (QED) is 0.785. The Morgan fingerprint density at radius 1 is 1.15 bits per heavy atom. The molecule has 132 valence electrons. The summed E-state index contributed by atoms with van der Waals surface area (Å²) in [5.41, 5.74) is 3.85. The average molecular weight is 347 g/mol. The monoisotopic (exact) mass is 347 g/mol. The van der Waals surface area contributed by atoms with Crippen molar-refractivity contribution >= 4 is 11.7 Å². The maximum Gasteiger partial charge on any atom is 0.321 e. The summed E-state index contributed by atoms with van der Waals surface area (Å²) in [5.74, 6) is 0. The molecule has 6 nitrogen and oxygen atoms in total. The van der Waals surface area contributed by atoms with Gasteiger partial charge in [-0.25, -0.2) is 9.48 Å². The standard InChI is InChI=1S/C20H21N5O/c1-15-6-5-9-17(12-15)21-20(26)24-11-10-18(13-24)25-14-19(22-23-25)16-7-3-2-4-8-16/h2-9,12,14,18H,10-11,13H2,1H3,(H,21,26). The highest BCUT2D eigenvalue weighted by molar-refractivity contribution is 5.89. The third-order valence-corrected chi connectivity index (χ3v) is 4.67. The van der Waals surface area contributed by atoms with Gasteiger partial charge in [-0.05, 0) is 31.0 Å². The molecular formula is C20H21N5O. The van der Waals surface area contributed by atoms with Crippen LogP contribution in [0.5, 0.6) is 0 Å². The molecule has 0 bridgehead atoms. The summed E-state index contributed by atoms with van der Waals surface area (Å²) < 4.78 is 1.88. The summed E-state index contributed by atoms with van der Waals surface area (Å²) in [6.07, 6.45) is 2.83. The summed E-state index contributed by atoms with van der Waals surface area (Å²) in [7, 11) is 0. The van der Waals surface area contributed by atoms with Gasteiger partial charge in [0.15, 0.2) is 0 Å². The maximum absolute atomic E-state index is 12.5. The van der Waals surface area contributed by atoms with E-state index in [1.54, 1.807) is 0 Å². The van der Waals surface area contributed by atoms with Gasteiger partial charge in [0.05, 0.1) is 12.2 Å². The van der Waals surface area contributed by atoms with E-state index < -0.39 is 0 Å². The zero-order valence-corrected chi connectivity index (χ0v) is 14.7. The van der Waals surface area contributed by atoms with Crippen molar-refractivity contribution in [1.82, 2.24) is 19.9 Å². The number of carbonyl (C=O) groups excluding carboxylic acids is 1. The first kappa shape index (κ1) is 16.3. The van der Waals surface area contributed by atoms with Crippen LogP contribution in [0.25, 0.3) is 11.3 Å². The van der Waals surface area contributed by atoms with E-state index in [1.807, 2.05) is 77.3 Å².